The fraction of sp³-hybridized carbons (Fsp3) is 0.167. The molecule has 2 aromatic heterocycles. The molecule has 0 aliphatic carbocycles. The molecule has 0 atom stereocenters. The molecule has 0 fully saturated rings. The first-order valence-corrected chi connectivity index (χ1v) is 9.20. The van der Waals surface area contributed by atoms with Crippen LogP contribution in [-0.4, -0.2) is 32.0 Å². The van der Waals surface area contributed by atoms with Crippen LogP contribution in [0, 0.1) is 0 Å². The molecule has 3 aromatic rings. The van der Waals surface area contributed by atoms with Gasteiger partial charge in [-0.05, 0) is 17.7 Å². The predicted molar refractivity (Wildman–Crippen MR) is 99.7 cm³/mol. The standard InChI is InChI=1S/C18H14ClN3O3S/c19-12-3-1-11(2-4-12)9-22-7-6-21-10-13(17-20-5-8-26-17)15(23)16(24)14(21)18(22)25/h1-5,8,10,24H,6-7,9H2. The average Bonchev–Trinajstić information content (AvgIpc) is 3.16. The molecule has 1 aliphatic heterocycles. The fourth-order valence-corrected chi connectivity index (χ4v) is 3.77. The zero-order chi connectivity index (χ0) is 18.3. The zero-order valence-corrected chi connectivity index (χ0v) is 15.1. The van der Waals surface area contributed by atoms with Crippen molar-refractivity contribution in [3.05, 3.63) is 68.5 Å². The second-order valence-corrected chi connectivity index (χ2v) is 7.28. The van der Waals surface area contributed by atoms with Crippen molar-refractivity contribution in [3.63, 3.8) is 0 Å². The van der Waals surface area contributed by atoms with E-state index in [0.29, 0.717) is 35.2 Å². The molecule has 1 N–H and O–H groups in total. The van der Waals surface area contributed by atoms with Gasteiger partial charge in [0.2, 0.25) is 5.43 Å². The number of rotatable bonds is 3. The van der Waals surface area contributed by atoms with Crippen molar-refractivity contribution < 1.29 is 9.90 Å². The summed E-state index contributed by atoms with van der Waals surface area (Å²) in [5, 5.41) is 13.3. The molecule has 132 valence electrons. The van der Waals surface area contributed by atoms with Gasteiger partial charge in [0, 0.05) is 42.4 Å². The number of hydrogen-bond acceptors (Lipinski definition) is 5. The lowest BCUT2D eigenvalue weighted by molar-refractivity contribution is 0.0683. The number of hydrogen-bond donors (Lipinski definition) is 1. The summed E-state index contributed by atoms with van der Waals surface area (Å²) in [5.41, 5.74) is 0.682. The summed E-state index contributed by atoms with van der Waals surface area (Å²) in [6, 6.07) is 7.23. The van der Waals surface area contributed by atoms with Crippen molar-refractivity contribution in [2.45, 2.75) is 13.1 Å². The van der Waals surface area contributed by atoms with Gasteiger partial charge in [-0.1, -0.05) is 23.7 Å². The monoisotopic (exact) mass is 387 g/mol. The van der Waals surface area contributed by atoms with Gasteiger partial charge in [-0.3, -0.25) is 9.59 Å². The third kappa shape index (κ3) is 2.89. The van der Waals surface area contributed by atoms with E-state index in [2.05, 4.69) is 4.98 Å². The minimum Gasteiger partial charge on any atom is -0.503 e. The first-order chi connectivity index (χ1) is 12.5. The van der Waals surface area contributed by atoms with Gasteiger partial charge in [0.05, 0.1) is 5.56 Å². The molecule has 26 heavy (non-hydrogen) atoms. The third-order valence-corrected chi connectivity index (χ3v) is 5.36. The molecule has 0 unspecified atom stereocenters. The lowest BCUT2D eigenvalue weighted by atomic mass is 10.1. The van der Waals surface area contributed by atoms with Crippen LogP contribution in [0.3, 0.4) is 0 Å². The number of nitrogens with zero attached hydrogens (tertiary/aromatic N) is 3. The predicted octanol–water partition coefficient (Wildman–Crippen LogP) is 2.99. The summed E-state index contributed by atoms with van der Waals surface area (Å²) in [4.78, 5) is 31.1. The van der Waals surface area contributed by atoms with Crippen LogP contribution < -0.4 is 5.43 Å². The maximum absolute atomic E-state index is 12.8. The molecule has 8 heteroatoms. The van der Waals surface area contributed by atoms with E-state index in [1.807, 2.05) is 12.1 Å². The molecule has 0 spiro atoms. The number of carbonyl (C=O) groups excluding carboxylic acids is 1. The highest BCUT2D eigenvalue weighted by Gasteiger charge is 2.30. The second kappa shape index (κ2) is 6.59. The van der Waals surface area contributed by atoms with Crippen LogP contribution in [0.4, 0.5) is 0 Å². The van der Waals surface area contributed by atoms with Crippen molar-refractivity contribution in [1.82, 2.24) is 14.5 Å². The highest BCUT2D eigenvalue weighted by atomic mass is 35.5. The summed E-state index contributed by atoms with van der Waals surface area (Å²) in [5.74, 6) is -0.894. The molecular formula is C18H14ClN3O3S. The first-order valence-electron chi connectivity index (χ1n) is 7.94. The number of fused-ring (bicyclic) bond motifs is 1. The third-order valence-electron chi connectivity index (χ3n) is 4.31. The lowest BCUT2D eigenvalue weighted by Gasteiger charge is -2.30. The number of benzene rings is 1. The van der Waals surface area contributed by atoms with Gasteiger partial charge >= 0.3 is 0 Å². The molecule has 1 aliphatic rings. The van der Waals surface area contributed by atoms with Crippen LogP contribution in [-0.2, 0) is 13.1 Å². The Hall–Kier alpha value is -2.64. The number of thiazole rings is 1. The number of aromatic nitrogens is 2. The van der Waals surface area contributed by atoms with E-state index in [1.54, 1.807) is 39.4 Å². The topological polar surface area (TPSA) is 75.4 Å². The summed E-state index contributed by atoms with van der Waals surface area (Å²) < 4.78 is 1.63. The maximum atomic E-state index is 12.8. The Bertz CT molecular complexity index is 1030. The summed E-state index contributed by atoms with van der Waals surface area (Å²) in [7, 11) is 0. The van der Waals surface area contributed by atoms with Crippen LogP contribution in [0.2, 0.25) is 5.02 Å². The molecule has 0 bridgehead atoms. The van der Waals surface area contributed by atoms with Gasteiger partial charge in [-0.25, -0.2) is 4.98 Å². The smallest absolute Gasteiger partial charge is 0.274 e. The number of amides is 1. The van der Waals surface area contributed by atoms with Gasteiger partial charge in [0.25, 0.3) is 5.91 Å². The molecule has 0 saturated heterocycles. The van der Waals surface area contributed by atoms with Crippen molar-refractivity contribution in [2.24, 2.45) is 0 Å². The fourth-order valence-electron chi connectivity index (χ4n) is 3.00. The molecular weight excluding hydrogens is 374 g/mol. The summed E-state index contributed by atoms with van der Waals surface area (Å²) >= 11 is 7.20. The molecule has 3 heterocycles. The van der Waals surface area contributed by atoms with Crippen LogP contribution in [0.25, 0.3) is 10.6 Å². The minimum atomic E-state index is -0.576. The number of carbonyl (C=O) groups is 1. The van der Waals surface area contributed by atoms with E-state index in [1.165, 1.54) is 11.3 Å². The van der Waals surface area contributed by atoms with Gasteiger partial charge < -0.3 is 14.6 Å². The molecule has 0 saturated carbocycles. The van der Waals surface area contributed by atoms with Crippen LogP contribution in [0.1, 0.15) is 16.1 Å². The van der Waals surface area contributed by atoms with Gasteiger partial charge in [0.1, 0.15) is 5.01 Å². The van der Waals surface area contributed by atoms with Crippen molar-refractivity contribution in [1.29, 1.82) is 0 Å². The number of pyridine rings is 1. The number of halogens is 1. The van der Waals surface area contributed by atoms with Crippen molar-refractivity contribution in [2.75, 3.05) is 6.54 Å². The molecule has 0 radical (unpaired) electrons. The average molecular weight is 388 g/mol. The van der Waals surface area contributed by atoms with E-state index in [4.69, 9.17) is 11.6 Å². The van der Waals surface area contributed by atoms with Gasteiger partial charge in [-0.15, -0.1) is 11.3 Å². The molecule has 6 nitrogen and oxygen atoms in total. The SMILES string of the molecule is O=C1c2c(O)c(=O)c(-c3nccs3)cn2CCN1Cc1ccc(Cl)cc1. The second-order valence-electron chi connectivity index (χ2n) is 5.95. The normalized spacial score (nSPS) is 13.7. The van der Waals surface area contributed by atoms with Crippen LogP contribution >= 0.6 is 22.9 Å². The Labute approximate surface area is 157 Å². The maximum Gasteiger partial charge on any atom is 0.274 e. The molecule has 1 aromatic carbocycles. The number of aromatic hydroxyl groups is 1. The quantitative estimate of drug-likeness (QED) is 0.749. The Morgan fingerprint density at radius 2 is 1.96 bits per heavy atom. The van der Waals surface area contributed by atoms with E-state index < -0.39 is 11.2 Å². The minimum absolute atomic E-state index is 0.0236. The molecule has 1 amide bonds. The highest BCUT2D eigenvalue weighted by Crippen LogP contribution is 2.26. The van der Waals surface area contributed by atoms with Crippen molar-refractivity contribution in [3.8, 4) is 16.3 Å². The summed E-state index contributed by atoms with van der Waals surface area (Å²) in [6.45, 7) is 1.35. The van der Waals surface area contributed by atoms with E-state index in [-0.39, 0.29) is 11.6 Å². The van der Waals surface area contributed by atoms with Gasteiger partial charge in [-0.2, -0.15) is 0 Å². The zero-order valence-electron chi connectivity index (χ0n) is 13.6. The van der Waals surface area contributed by atoms with Crippen LogP contribution in [0.15, 0.2) is 46.8 Å². The van der Waals surface area contributed by atoms with Gasteiger partial charge in [0.15, 0.2) is 11.4 Å². The summed E-state index contributed by atoms with van der Waals surface area (Å²) in [6.07, 6.45) is 3.20. The Morgan fingerprint density at radius 3 is 2.65 bits per heavy atom. The highest BCUT2D eigenvalue weighted by molar-refractivity contribution is 7.13. The first kappa shape index (κ1) is 16.8. The van der Waals surface area contributed by atoms with E-state index >= 15 is 0 Å². The van der Waals surface area contributed by atoms with E-state index in [9.17, 15) is 14.7 Å². The molecule has 4 rings (SSSR count). The Balaban J connectivity index is 1.69. The Kier molecular flexibility index (Phi) is 4.26. The van der Waals surface area contributed by atoms with Crippen LogP contribution in [0.5, 0.6) is 5.75 Å². The lowest BCUT2D eigenvalue weighted by Crippen LogP contribution is -2.41. The van der Waals surface area contributed by atoms with Crippen molar-refractivity contribution >= 4 is 28.8 Å². The Morgan fingerprint density at radius 1 is 1.19 bits per heavy atom. The largest absolute Gasteiger partial charge is 0.503 e. The van der Waals surface area contributed by atoms with E-state index in [0.717, 1.165) is 5.56 Å².